The van der Waals surface area contributed by atoms with Crippen molar-refractivity contribution in [3.8, 4) is 34.6 Å². The van der Waals surface area contributed by atoms with Gasteiger partial charge < -0.3 is 0 Å². The van der Waals surface area contributed by atoms with E-state index in [9.17, 15) is 36.9 Å². The summed E-state index contributed by atoms with van der Waals surface area (Å²) >= 11 is 0. The first-order valence-corrected chi connectivity index (χ1v) is 13.5. The molecule has 6 nitrogen and oxygen atoms in total. The normalized spacial score (nSPS) is 13.2. The molecule has 0 bridgehead atoms. The molecule has 0 atom stereocenters. The molecule has 0 fully saturated rings. The van der Waals surface area contributed by atoms with Crippen molar-refractivity contribution in [2.24, 2.45) is 9.98 Å². The molecular formula is C34H14F6N6. The number of nitriles is 2. The first-order valence-electron chi connectivity index (χ1n) is 13.5. The SMILES string of the molecule is N#CN=c1c2cc(-c3ccc(C(F)(F)F)cc3)ccc2c2nc3c(=NC#N)c4cc(-c5ccc(C(F)(F)F)cc5)ccc4c3nc12. The van der Waals surface area contributed by atoms with Crippen molar-refractivity contribution in [1.82, 2.24) is 9.97 Å². The monoisotopic (exact) mass is 620 g/mol. The quantitative estimate of drug-likeness (QED) is 0.144. The van der Waals surface area contributed by atoms with E-state index in [0.29, 0.717) is 65.9 Å². The zero-order valence-electron chi connectivity index (χ0n) is 23.0. The Kier molecular flexibility index (Phi) is 6.35. The molecule has 0 aliphatic heterocycles. The largest absolute Gasteiger partial charge is 0.416 e. The molecule has 222 valence electrons. The Bertz CT molecular complexity index is 2380. The van der Waals surface area contributed by atoms with Crippen molar-refractivity contribution in [3.63, 3.8) is 0 Å². The van der Waals surface area contributed by atoms with Gasteiger partial charge in [-0.05, 0) is 58.7 Å². The highest BCUT2D eigenvalue weighted by atomic mass is 19.4. The third kappa shape index (κ3) is 4.59. The van der Waals surface area contributed by atoms with Crippen LogP contribution in [0.15, 0.2) is 94.9 Å². The summed E-state index contributed by atoms with van der Waals surface area (Å²) in [5, 5.41) is 21.7. The van der Waals surface area contributed by atoms with Crippen LogP contribution in [0.25, 0.3) is 65.9 Å². The van der Waals surface area contributed by atoms with Crippen LogP contribution >= 0.6 is 0 Å². The molecule has 0 N–H and O–H groups in total. The van der Waals surface area contributed by atoms with Crippen LogP contribution in [-0.2, 0) is 12.4 Å². The van der Waals surface area contributed by atoms with E-state index in [0.717, 1.165) is 24.3 Å². The van der Waals surface area contributed by atoms with Crippen LogP contribution in [0, 0.1) is 22.9 Å². The topological polar surface area (TPSA) is 98.1 Å². The Morgan fingerprint density at radius 2 is 0.804 bits per heavy atom. The fourth-order valence-electron chi connectivity index (χ4n) is 5.68. The molecule has 0 aliphatic carbocycles. The summed E-state index contributed by atoms with van der Waals surface area (Å²) in [6.45, 7) is 0. The first kappa shape index (κ1) is 28.6. The Morgan fingerprint density at radius 1 is 0.457 bits per heavy atom. The van der Waals surface area contributed by atoms with Gasteiger partial charge in [0.05, 0.1) is 22.2 Å². The number of benzene rings is 4. The van der Waals surface area contributed by atoms with Crippen molar-refractivity contribution < 1.29 is 26.3 Å². The van der Waals surface area contributed by atoms with E-state index in [1.165, 1.54) is 24.3 Å². The zero-order chi connectivity index (χ0) is 32.4. The van der Waals surface area contributed by atoms with Crippen LogP contribution in [0.2, 0.25) is 0 Å². The van der Waals surface area contributed by atoms with Gasteiger partial charge >= 0.3 is 12.4 Å². The third-order valence-corrected chi connectivity index (χ3v) is 7.82. The van der Waals surface area contributed by atoms with Gasteiger partial charge in [0.15, 0.2) is 0 Å². The van der Waals surface area contributed by atoms with Crippen LogP contribution in [0.1, 0.15) is 11.1 Å². The van der Waals surface area contributed by atoms with Gasteiger partial charge in [0.1, 0.15) is 21.7 Å². The van der Waals surface area contributed by atoms with Crippen LogP contribution in [0.5, 0.6) is 0 Å². The first-order chi connectivity index (χ1) is 22.0. The molecule has 7 aromatic rings. The maximum Gasteiger partial charge on any atom is 0.416 e. The van der Waals surface area contributed by atoms with Gasteiger partial charge in [0.25, 0.3) is 0 Å². The molecule has 1 aromatic heterocycles. The van der Waals surface area contributed by atoms with E-state index in [2.05, 4.69) is 9.98 Å². The van der Waals surface area contributed by atoms with Crippen LogP contribution in [-0.4, -0.2) is 9.97 Å². The van der Waals surface area contributed by atoms with E-state index < -0.39 is 23.5 Å². The molecule has 46 heavy (non-hydrogen) atoms. The second-order valence-corrected chi connectivity index (χ2v) is 10.4. The number of nitrogens with zero attached hydrogens (tertiary/aromatic N) is 6. The van der Waals surface area contributed by atoms with E-state index >= 15 is 0 Å². The second kappa shape index (κ2) is 10.2. The maximum atomic E-state index is 13.1. The van der Waals surface area contributed by atoms with E-state index in [-0.39, 0.29) is 10.7 Å². The third-order valence-electron chi connectivity index (χ3n) is 7.82. The minimum atomic E-state index is -4.47. The molecule has 12 heteroatoms. The summed E-state index contributed by atoms with van der Waals surface area (Å²) < 4.78 is 78.5. The zero-order valence-corrected chi connectivity index (χ0v) is 23.0. The number of halogens is 6. The number of hydrogen-bond donors (Lipinski definition) is 0. The van der Waals surface area contributed by atoms with Gasteiger partial charge in [-0.3, -0.25) is 0 Å². The minimum absolute atomic E-state index is 0.227. The summed E-state index contributed by atoms with van der Waals surface area (Å²) in [6, 6.07) is 19.7. The maximum absolute atomic E-state index is 13.1. The summed E-state index contributed by atoms with van der Waals surface area (Å²) in [5.41, 5.74) is 2.03. The number of alkyl halides is 6. The van der Waals surface area contributed by atoms with Gasteiger partial charge in [-0.15, -0.1) is 0 Å². The molecule has 0 aliphatic rings. The summed E-state index contributed by atoms with van der Waals surface area (Å²) in [6.07, 6.45) is -5.37. The van der Waals surface area contributed by atoms with Crippen LogP contribution < -0.4 is 10.7 Å². The summed E-state index contributed by atoms with van der Waals surface area (Å²) in [5.74, 6) is 0. The fourth-order valence-corrected chi connectivity index (χ4v) is 5.68. The smallest absolute Gasteiger partial charge is 0.241 e. The minimum Gasteiger partial charge on any atom is -0.241 e. The van der Waals surface area contributed by atoms with Crippen molar-refractivity contribution >= 4 is 43.6 Å². The molecular weight excluding hydrogens is 606 g/mol. The Balaban J connectivity index is 1.44. The number of fused-ring (bicyclic) bond motifs is 6. The van der Waals surface area contributed by atoms with Crippen molar-refractivity contribution in [2.75, 3.05) is 0 Å². The molecule has 0 amide bonds. The average Bonchev–Trinajstić information content (AvgIpc) is 3.50. The Labute approximate surface area is 254 Å². The van der Waals surface area contributed by atoms with Crippen molar-refractivity contribution in [3.05, 3.63) is 107 Å². The molecule has 0 radical (unpaired) electrons. The molecule has 7 rings (SSSR count). The highest BCUT2D eigenvalue weighted by molar-refractivity contribution is 6.15. The summed E-state index contributed by atoms with van der Waals surface area (Å²) in [7, 11) is 0. The molecule has 0 saturated heterocycles. The molecule has 6 aromatic carbocycles. The number of hydrogen-bond acceptors (Lipinski definition) is 6. The highest BCUT2D eigenvalue weighted by Gasteiger charge is 2.31. The lowest BCUT2D eigenvalue weighted by atomic mass is 10.0. The van der Waals surface area contributed by atoms with E-state index in [1.807, 2.05) is 0 Å². The predicted octanol–water partition coefficient (Wildman–Crippen LogP) is 8.10. The van der Waals surface area contributed by atoms with E-state index in [1.54, 1.807) is 48.8 Å². The van der Waals surface area contributed by atoms with Gasteiger partial charge in [-0.25, -0.2) is 9.97 Å². The molecule has 0 saturated carbocycles. The standard InChI is InChI=1S/C34H14F6N6/c35-33(36,37)21-7-1-17(2-8-21)19-5-11-23-25(13-19)27(43-15-41)31-29(23)45-32-28(44-16-42)26-14-20(6-12-24(26)30(32)46-31)18-3-9-22(10-4-18)34(38,39)40/h1-14H. The van der Waals surface area contributed by atoms with E-state index in [4.69, 9.17) is 9.97 Å². The van der Waals surface area contributed by atoms with Crippen molar-refractivity contribution in [2.45, 2.75) is 12.4 Å². The lowest BCUT2D eigenvalue weighted by Gasteiger charge is -2.08. The summed E-state index contributed by atoms with van der Waals surface area (Å²) in [4.78, 5) is 17.7. The van der Waals surface area contributed by atoms with Gasteiger partial charge in [-0.1, -0.05) is 48.5 Å². The lowest BCUT2D eigenvalue weighted by Crippen LogP contribution is -2.04. The van der Waals surface area contributed by atoms with Gasteiger partial charge in [0, 0.05) is 21.5 Å². The lowest BCUT2D eigenvalue weighted by molar-refractivity contribution is -0.138. The van der Waals surface area contributed by atoms with Crippen LogP contribution in [0.3, 0.4) is 0 Å². The predicted molar refractivity (Wildman–Crippen MR) is 158 cm³/mol. The molecule has 0 unspecified atom stereocenters. The highest BCUT2D eigenvalue weighted by Crippen LogP contribution is 2.35. The van der Waals surface area contributed by atoms with Crippen molar-refractivity contribution in [1.29, 1.82) is 10.5 Å². The molecule has 0 spiro atoms. The Hall–Kier alpha value is -6.14. The number of aromatic nitrogens is 2. The van der Waals surface area contributed by atoms with Gasteiger partial charge in [-0.2, -0.15) is 46.9 Å². The second-order valence-electron chi connectivity index (χ2n) is 10.4. The Morgan fingerprint density at radius 3 is 1.13 bits per heavy atom. The van der Waals surface area contributed by atoms with Gasteiger partial charge in [0.2, 0.25) is 12.4 Å². The average molecular weight is 621 g/mol. The fraction of sp³-hybridized carbons (Fsp3) is 0.0588. The molecule has 1 heterocycles. The van der Waals surface area contributed by atoms with Crippen LogP contribution in [0.4, 0.5) is 26.3 Å². The number of rotatable bonds is 2.